The van der Waals surface area contributed by atoms with Gasteiger partial charge in [0.15, 0.2) is 0 Å². The number of aromatic nitrogens is 3. The number of piperazine rings is 1. The van der Waals surface area contributed by atoms with E-state index < -0.39 is 0 Å². The summed E-state index contributed by atoms with van der Waals surface area (Å²) in [5, 5.41) is 8.44. The number of nitrogens with one attached hydrogen (secondary N) is 2. The third-order valence-electron chi connectivity index (χ3n) is 6.41. The van der Waals surface area contributed by atoms with E-state index in [2.05, 4.69) is 27.2 Å². The van der Waals surface area contributed by atoms with Crippen molar-refractivity contribution in [2.45, 2.75) is 25.8 Å². The standard InChI is InChI=1S/C23H28N6O2/c1-16(17-6-7-17)29-21(8-9-24-29)26-22(30)15-27-10-12-28(13-11-27)23(31)20-14-18-4-2-3-5-19(18)25-20/h2-5,8-9,14,16-17,25H,6-7,10-13,15H2,1H3,(H,26,30). The number of para-hydroxylation sites is 1. The highest BCUT2D eigenvalue weighted by Gasteiger charge is 2.31. The summed E-state index contributed by atoms with van der Waals surface area (Å²) in [5.41, 5.74) is 1.59. The van der Waals surface area contributed by atoms with Crippen LogP contribution in [-0.4, -0.2) is 69.1 Å². The number of carbonyl (C=O) groups is 2. The van der Waals surface area contributed by atoms with Crippen LogP contribution in [0.15, 0.2) is 42.6 Å². The molecule has 2 amide bonds. The lowest BCUT2D eigenvalue weighted by molar-refractivity contribution is -0.117. The Kier molecular flexibility index (Phi) is 5.23. The topological polar surface area (TPSA) is 86.3 Å². The molecule has 0 radical (unpaired) electrons. The second-order valence-corrected chi connectivity index (χ2v) is 8.63. The number of anilines is 1. The Bertz CT molecular complexity index is 1060. The van der Waals surface area contributed by atoms with Gasteiger partial charge in [0, 0.05) is 43.1 Å². The van der Waals surface area contributed by atoms with Crippen molar-refractivity contribution < 1.29 is 9.59 Å². The summed E-state index contributed by atoms with van der Waals surface area (Å²) in [6.45, 7) is 5.05. The molecule has 8 heteroatoms. The van der Waals surface area contributed by atoms with Crippen molar-refractivity contribution in [2.75, 3.05) is 38.0 Å². The van der Waals surface area contributed by atoms with Crippen molar-refractivity contribution >= 4 is 28.5 Å². The van der Waals surface area contributed by atoms with E-state index in [0.29, 0.717) is 50.4 Å². The molecule has 1 aliphatic carbocycles. The first-order valence-corrected chi connectivity index (χ1v) is 11.0. The van der Waals surface area contributed by atoms with Crippen LogP contribution in [0.5, 0.6) is 0 Å². The molecular weight excluding hydrogens is 392 g/mol. The van der Waals surface area contributed by atoms with Gasteiger partial charge in [-0.3, -0.25) is 14.5 Å². The second kappa shape index (κ2) is 8.19. The summed E-state index contributed by atoms with van der Waals surface area (Å²) >= 11 is 0. The van der Waals surface area contributed by atoms with Crippen LogP contribution in [-0.2, 0) is 4.79 Å². The van der Waals surface area contributed by atoms with E-state index in [0.717, 1.165) is 16.7 Å². The first-order chi connectivity index (χ1) is 15.1. The Hall–Kier alpha value is -3.13. The highest BCUT2D eigenvalue weighted by Crippen LogP contribution is 2.40. The molecule has 0 spiro atoms. The molecule has 162 valence electrons. The average molecular weight is 421 g/mol. The lowest BCUT2D eigenvalue weighted by Crippen LogP contribution is -2.50. The fourth-order valence-electron chi connectivity index (χ4n) is 4.37. The van der Waals surface area contributed by atoms with Gasteiger partial charge in [0.25, 0.3) is 5.91 Å². The zero-order valence-corrected chi connectivity index (χ0v) is 17.8. The Labute approximate surface area is 181 Å². The zero-order valence-electron chi connectivity index (χ0n) is 17.8. The lowest BCUT2D eigenvalue weighted by atomic mass is 10.2. The second-order valence-electron chi connectivity index (χ2n) is 8.63. The van der Waals surface area contributed by atoms with Crippen LogP contribution in [0.3, 0.4) is 0 Å². The molecule has 2 aromatic heterocycles. The number of benzene rings is 1. The minimum atomic E-state index is -0.0415. The maximum absolute atomic E-state index is 12.9. The molecule has 2 aliphatic rings. The third kappa shape index (κ3) is 4.20. The van der Waals surface area contributed by atoms with Crippen molar-refractivity contribution in [3.63, 3.8) is 0 Å². The number of hydrogen-bond acceptors (Lipinski definition) is 4. The first-order valence-electron chi connectivity index (χ1n) is 11.0. The highest BCUT2D eigenvalue weighted by molar-refractivity contribution is 5.98. The van der Waals surface area contributed by atoms with Crippen LogP contribution in [0.2, 0.25) is 0 Å². The predicted octanol–water partition coefficient (Wildman–Crippen LogP) is 2.73. The predicted molar refractivity (Wildman–Crippen MR) is 119 cm³/mol. The number of fused-ring (bicyclic) bond motifs is 1. The number of carbonyl (C=O) groups excluding carboxylic acids is 2. The molecule has 31 heavy (non-hydrogen) atoms. The summed E-state index contributed by atoms with van der Waals surface area (Å²) in [4.78, 5) is 32.6. The smallest absolute Gasteiger partial charge is 0.270 e. The summed E-state index contributed by atoms with van der Waals surface area (Å²) in [7, 11) is 0. The Morgan fingerprint density at radius 3 is 2.68 bits per heavy atom. The van der Waals surface area contributed by atoms with Crippen molar-refractivity contribution in [3.05, 3.63) is 48.3 Å². The minimum Gasteiger partial charge on any atom is -0.351 e. The average Bonchev–Trinajstić information content (AvgIpc) is 3.38. The van der Waals surface area contributed by atoms with Crippen LogP contribution >= 0.6 is 0 Å². The fraction of sp³-hybridized carbons (Fsp3) is 0.435. The maximum atomic E-state index is 12.9. The van der Waals surface area contributed by atoms with E-state index in [9.17, 15) is 9.59 Å². The number of amides is 2. The fourth-order valence-corrected chi connectivity index (χ4v) is 4.37. The van der Waals surface area contributed by atoms with Gasteiger partial charge in [-0.15, -0.1) is 0 Å². The van der Waals surface area contributed by atoms with E-state index in [1.807, 2.05) is 46.0 Å². The van der Waals surface area contributed by atoms with Gasteiger partial charge in [-0.25, -0.2) is 4.68 Å². The van der Waals surface area contributed by atoms with E-state index in [1.165, 1.54) is 12.8 Å². The Morgan fingerprint density at radius 2 is 1.94 bits per heavy atom. The van der Waals surface area contributed by atoms with Crippen LogP contribution in [0.25, 0.3) is 10.9 Å². The SMILES string of the molecule is CC(C1CC1)n1nccc1NC(=O)CN1CCN(C(=O)c2cc3ccccc3[nH]2)CC1. The Balaban J connectivity index is 1.13. The van der Waals surface area contributed by atoms with Crippen LogP contribution in [0, 0.1) is 5.92 Å². The molecule has 0 bridgehead atoms. The molecule has 2 fully saturated rings. The van der Waals surface area contributed by atoms with Gasteiger partial charge < -0.3 is 15.2 Å². The maximum Gasteiger partial charge on any atom is 0.270 e. The van der Waals surface area contributed by atoms with Crippen molar-refractivity contribution in [3.8, 4) is 0 Å². The summed E-state index contributed by atoms with van der Waals surface area (Å²) < 4.78 is 1.92. The van der Waals surface area contributed by atoms with Crippen LogP contribution < -0.4 is 5.32 Å². The largest absolute Gasteiger partial charge is 0.351 e. The van der Waals surface area contributed by atoms with Crippen molar-refractivity contribution in [2.24, 2.45) is 5.92 Å². The molecule has 1 aliphatic heterocycles. The van der Waals surface area contributed by atoms with Crippen LogP contribution in [0.4, 0.5) is 5.82 Å². The molecule has 3 aromatic rings. The molecule has 8 nitrogen and oxygen atoms in total. The Morgan fingerprint density at radius 1 is 1.16 bits per heavy atom. The van der Waals surface area contributed by atoms with Gasteiger partial charge >= 0.3 is 0 Å². The molecular formula is C23H28N6O2. The number of hydrogen-bond donors (Lipinski definition) is 2. The van der Waals surface area contributed by atoms with Gasteiger partial charge in [-0.1, -0.05) is 18.2 Å². The molecule has 5 rings (SSSR count). The molecule has 2 N–H and O–H groups in total. The molecule has 1 saturated heterocycles. The van der Waals surface area contributed by atoms with E-state index in [1.54, 1.807) is 6.20 Å². The van der Waals surface area contributed by atoms with Crippen LogP contribution in [0.1, 0.15) is 36.3 Å². The quantitative estimate of drug-likeness (QED) is 0.642. The van der Waals surface area contributed by atoms with Crippen molar-refractivity contribution in [1.82, 2.24) is 24.6 Å². The molecule has 1 atom stereocenters. The zero-order chi connectivity index (χ0) is 21.4. The van der Waals surface area contributed by atoms with E-state index in [4.69, 9.17) is 0 Å². The van der Waals surface area contributed by atoms with Gasteiger partial charge in [-0.2, -0.15) is 5.10 Å². The minimum absolute atomic E-state index is 0.0123. The normalized spacial score (nSPS) is 18.3. The van der Waals surface area contributed by atoms with Crippen molar-refractivity contribution in [1.29, 1.82) is 0 Å². The number of H-pyrrole nitrogens is 1. The third-order valence-corrected chi connectivity index (χ3v) is 6.41. The molecule has 1 aromatic carbocycles. The summed E-state index contributed by atoms with van der Waals surface area (Å²) in [6.07, 6.45) is 4.20. The molecule has 1 unspecified atom stereocenters. The van der Waals surface area contributed by atoms with Gasteiger partial charge in [-0.05, 0) is 37.8 Å². The monoisotopic (exact) mass is 420 g/mol. The number of rotatable bonds is 6. The van der Waals surface area contributed by atoms with Gasteiger partial charge in [0.2, 0.25) is 5.91 Å². The van der Waals surface area contributed by atoms with Gasteiger partial charge in [0.05, 0.1) is 18.8 Å². The highest BCUT2D eigenvalue weighted by atomic mass is 16.2. The number of aromatic amines is 1. The van der Waals surface area contributed by atoms with E-state index in [-0.39, 0.29) is 11.8 Å². The van der Waals surface area contributed by atoms with E-state index >= 15 is 0 Å². The summed E-state index contributed by atoms with van der Waals surface area (Å²) in [6, 6.07) is 12.0. The number of nitrogens with zero attached hydrogens (tertiary/aromatic N) is 4. The summed E-state index contributed by atoms with van der Waals surface area (Å²) in [5.74, 6) is 1.40. The molecule has 1 saturated carbocycles. The van der Waals surface area contributed by atoms with Gasteiger partial charge in [0.1, 0.15) is 11.5 Å². The molecule has 3 heterocycles. The lowest BCUT2D eigenvalue weighted by Gasteiger charge is -2.34. The first kappa shape index (κ1) is 19.8.